The number of quaternary nitrogens is 1. The minimum atomic E-state index is -4.57. The fourth-order valence-corrected chi connectivity index (χ4v) is 10.6. The fourth-order valence-electron chi connectivity index (χ4n) is 9.90. The number of aliphatic hydroxyl groups is 1. The summed E-state index contributed by atoms with van der Waals surface area (Å²) < 4.78 is 23.4. The normalized spacial score (nSPS) is 13.9. The average molecular weight is 1050 g/mol. The Morgan fingerprint density at radius 3 is 1.14 bits per heavy atom. The summed E-state index contributed by atoms with van der Waals surface area (Å²) in [7, 11) is 1.32. The molecule has 0 saturated carbocycles. The van der Waals surface area contributed by atoms with Gasteiger partial charge in [-0.15, -0.1) is 0 Å². The fraction of sp³-hybridized carbons (Fsp3) is 0.922. The zero-order valence-corrected chi connectivity index (χ0v) is 50.5. The van der Waals surface area contributed by atoms with Crippen LogP contribution in [-0.4, -0.2) is 68.5 Å². The van der Waals surface area contributed by atoms with Gasteiger partial charge in [-0.05, 0) is 44.9 Å². The first kappa shape index (κ1) is 72.0. The summed E-state index contributed by atoms with van der Waals surface area (Å²) in [6.45, 7) is 4.74. The number of likely N-dealkylation sites (N-methyl/N-ethyl adjacent to an activating group) is 1. The van der Waals surface area contributed by atoms with Crippen molar-refractivity contribution < 1.29 is 32.9 Å². The van der Waals surface area contributed by atoms with Crippen LogP contribution in [0.15, 0.2) is 24.3 Å². The molecule has 0 aliphatic rings. The number of hydrogen-bond acceptors (Lipinski definition) is 6. The second-order valence-electron chi connectivity index (χ2n) is 23.5. The van der Waals surface area contributed by atoms with Crippen LogP contribution >= 0.6 is 7.82 Å². The van der Waals surface area contributed by atoms with Crippen LogP contribution in [0, 0.1) is 0 Å². The number of carbonyl (C=O) groups excluding carboxylic acids is 1. The van der Waals surface area contributed by atoms with Gasteiger partial charge in [-0.25, -0.2) is 0 Å². The molecule has 0 rings (SSSR count). The van der Waals surface area contributed by atoms with Gasteiger partial charge in [-0.3, -0.25) is 9.36 Å². The summed E-state index contributed by atoms with van der Waals surface area (Å²) in [6, 6.07) is -0.796. The molecule has 1 amide bonds. The Morgan fingerprint density at radius 2 is 0.795 bits per heavy atom. The largest absolute Gasteiger partial charge is 0.756 e. The minimum absolute atomic E-state index is 0.0151. The lowest BCUT2D eigenvalue weighted by atomic mass is 10.0. The van der Waals surface area contributed by atoms with Gasteiger partial charge in [0.15, 0.2) is 0 Å². The van der Waals surface area contributed by atoms with Crippen molar-refractivity contribution in [1.82, 2.24) is 5.32 Å². The van der Waals surface area contributed by atoms with Crippen LogP contribution in [0.1, 0.15) is 328 Å². The van der Waals surface area contributed by atoms with Crippen molar-refractivity contribution >= 4 is 13.7 Å². The SMILES string of the molecule is CCCCCCC/C=C\C/C=C\CCCCCCCCCCCCCCCCCCCCCCCCCCCCCC(=O)NC(COP(=O)([O-])OCC[N+](C)(C)C)C(O)CCCCCCCCCCCCCC. The highest BCUT2D eigenvalue weighted by Crippen LogP contribution is 2.38. The maximum absolute atomic E-state index is 13.0. The molecule has 0 aromatic heterocycles. The van der Waals surface area contributed by atoms with Gasteiger partial charge in [0.2, 0.25) is 5.91 Å². The number of nitrogens with zero attached hydrogens (tertiary/aromatic N) is 1. The molecule has 8 nitrogen and oxygen atoms in total. The molecular formula is C64H127N2O6P. The quantitative estimate of drug-likeness (QED) is 0.0272. The molecule has 3 atom stereocenters. The van der Waals surface area contributed by atoms with E-state index in [4.69, 9.17) is 9.05 Å². The number of nitrogens with one attached hydrogen (secondary N) is 1. The van der Waals surface area contributed by atoms with Gasteiger partial charge in [0.05, 0.1) is 39.9 Å². The number of aliphatic hydroxyl groups excluding tert-OH is 1. The minimum Gasteiger partial charge on any atom is -0.756 e. The first-order valence-corrected chi connectivity index (χ1v) is 33.6. The molecule has 0 aliphatic heterocycles. The highest BCUT2D eigenvalue weighted by Gasteiger charge is 2.24. The van der Waals surface area contributed by atoms with Crippen molar-refractivity contribution in [2.45, 2.75) is 341 Å². The Bertz CT molecular complexity index is 1240. The number of amides is 1. The van der Waals surface area contributed by atoms with E-state index in [1.807, 2.05) is 21.1 Å². The lowest BCUT2D eigenvalue weighted by Gasteiger charge is -2.30. The van der Waals surface area contributed by atoms with Gasteiger partial charge >= 0.3 is 0 Å². The highest BCUT2D eigenvalue weighted by atomic mass is 31.2. The summed E-state index contributed by atoms with van der Waals surface area (Å²) >= 11 is 0. The second kappa shape index (κ2) is 55.7. The first-order valence-electron chi connectivity index (χ1n) is 32.2. The van der Waals surface area contributed by atoms with E-state index in [-0.39, 0.29) is 19.1 Å². The van der Waals surface area contributed by atoms with Crippen molar-refractivity contribution in [2.75, 3.05) is 40.9 Å². The van der Waals surface area contributed by atoms with E-state index in [2.05, 4.69) is 43.5 Å². The average Bonchev–Trinajstić information content (AvgIpc) is 3.35. The van der Waals surface area contributed by atoms with E-state index in [1.165, 1.54) is 257 Å². The van der Waals surface area contributed by atoms with Crippen molar-refractivity contribution in [1.29, 1.82) is 0 Å². The van der Waals surface area contributed by atoms with E-state index in [0.29, 0.717) is 23.9 Å². The summed E-state index contributed by atoms with van der Waals surface area (Å²) in [5, 5.41) is 14.0. The Balaban J connectivity index is 3.81. The number of carbonyl (C=O) groups is 1. The molecule has 9 heteroatoms. The van der Waals surface area contributed by atoms with Gasteiger partial charge < -0.3 is 28.8 Å². The Kier molecular flexibility index (Phi) is 54.9. The third-order valence-corrected chi connectivity index (χ3v) is 15.9. The molecule has 0 heterocycles. The van der Waals surface area contributed by atoms with Gasteiger partial charge in [0.25, 0.3) is 7.82 Å². The zero-order valence-electron chi connectivity index (χ0n) is 49.6. The van der Waals surface area contributed by atoms with Crippen molar-refractivity contribution in [3.8, 4) is 0 Å². The standard InChI is InChI=1S/C64H127N2O6P/c1-6-8-10-12-14-16-18-20-21-22-23-24-25-26-27-28-29-30-31-32-33-34-35-36-37-38-39-40-41-42-43-44-45-46-48-50-52-54-56-58-64(68)65-62(61-72-73(69,70)71-60-59-66(3,4)5)63(67)57-55-53-51-49-47-19-17-15-13-11-9-7-2/h18,20,22-23,62-63,67H,6-17,19,21,24-61H2,1-5H3,(H-,65,68,69,70)/b20-18-,23-22-. The molecule has 0 fully saturated rings. The van der Waals surface area contributed by atoms with Crippen molar-refractivity contribution in [3.63, 3.8) is 0 Å². The topological polar surface area (TPSA) is 108 Å². The van der Waals surface area contributed by atoms with Gasteiger partial charge in [-0.2, -0.15) is 0 Å². The number of hydrogen-bond donors (Lipinski definition) is 2. The van der Waals surface area contributed by atoms with E-state index in [1.54, 1.807) is 0 Å². The van der Waals surface area contributed by atoms with Crippen molar-refractivity contribution in [3.05, 3.63) is 24.3 Å². The molecule has 0 saturated heterocycles. The molecule has 0 radical (unpaired) electrons. The molecule has 0 aromatic carbocycles. The Labute approximate surface area is 455 Å². The summed E-state index contributed by atoms with van der Waals surface area (Å²) in [5.74, 6) is -0.159. The van der Waals surface area contributed by atoms with Gasteiger partial charge in [0.1, 0.15) is 13.2 Å². The summed E-state index contributed by atoms with van der Waals surface area (Å²) in [6.07, 6.45) is 71.2. The first-order chi connectivity index (χ1) is 35.5. The third-order valence-electron chi connectivity index (χ3n) is 14.9. The summed E-state index contributed by atoms with van der Waals surface area (Å²) in [4.78, 5) is 25.5. The second-order valence-corrected chi connectivity index (χ2v) is 24.9. The lowest BCUT2D eigenvalue weighted by molar-refractivity contribution is -0.870. The molecular weight excluding hydrogens is 924 g/mol. The van der Waals surface area contributed by atoms with Crippen LogP contribution in [0.3, 0.4) is 0 Å². The molecule has 434 valence electrons. The third kappa shape index (κ3) is 58.5. The van der Waals surface area contributed by atoms with Gasteiger partial charge in [0, 0.05) is 6.42 Å². The predicted molar refractivity (Wildman–Crippen MR) is 316 cm³/mol. The molecule has 0 aromatic rings. The number of phosphoric ester groups is 1. The number of rotatable bonds is 60. The van der Waals surface area contributed by atoms with Crippen LogP contribution in [0.5, 0.6) is 0 Å². The number of unbranched alkanes of at least 4 members (excludes halogenated alkanes) is 43. The zero-order chi connectivity index (χ0) is 53.5. The summed E-state index contributed by atoms with van der Waals surface area (Å²) in [5.41, 5.74) is 0. The molecule has 0 aliphatic carbocycles. The maximum atomic E-state index is 13.0. The monoisotopic (exact) mass is 1050 g/mol. The van der Waals surface area contributed by atoms with Crippen LogP contribution in [-0.2, 0) is 18.4 Å². The smallest absolute Gasteiger partial charge is 0.268 e. The van der Waals surface area contributed by atoms with Crippen LogP contribution in [0.25, 0.3) is 0 Å². The molecule has 0 spiro atoms. The van der Waals surface area contributed by atoms with E-state index in [0.717, 1.165) is 44.9 Å². The maximum Gasteiger partial charge on any atom is 0.268 e. The Morgan fingerprint density at radius 1 is 0.479 bits per heavy atom. The molecule has 73 heavy (non-hydrogen) atoms. The molecule has 3 unspecified atom stereocenters. The van der Waals surface area contributed by atoms with E-state index >= 15 is 0 Å². The van der Waals surface area contributed by atoms with Gasteiger partial charge in [-0.1, -0.05) is 301 Å². The number of phosphoric acid groups is 1. The van der Waals surface area contributed by atoms with Crippen LogP contribution in [0.4, 0.5) is 0 Å². The predicted octanol–water partition coefficient (Wildman–Crippen LogP) is 19.3. The van der Waals surface area contributed by atoms with Crippen LogP contribution in [0.2, 0.25) is 0 Å². The highest BCUT2D eigenvalue weighted by molar-refractivity contribution is 7.45. The molecule has 2 N–H and O–H groups in total. The lowest BCUT2D eigenvalue weighted by Crippen LogP contribution is -2.46. The Hall–Kier alpha value is -1.02. The molecule has 0 bridgehead atoms. The number of allylic oxidation sites excluding steroid dienone is 4. The van der Waals surface area contributed by atoms with Crippen LogP contribution < -0.4 is 10.2 Å². The van der Waals surface area contributed by atoms with Crippen molar-refractivity contribution in [2.24, 2.45) is 0 Å². The van der Waals surface area contributed by atoms with E-state index in [9.17, 15) is 19.4 Å². The van der Waals surface area contributed by atoms with E-state index < -0.39 is 20.0 Å².